The molecule has 2 aliphatic heterocycles. The molecule has 0 spiro atoms. The van der Waals surface area contributed by atoms with Gasteiger partial charge in [-0.05, 0) is 42.6 Å². The molecular formula is C22H22F3N3O2. The van der Waals surface area contributed by atoms with E-state index < -0.39 is 29.9 Å². The molecule has 2 aromatic rings. The Balaban J connectivity index is 1.63. The van der Waals surface area contributed by atoms with Gasteiger partial charge >= 0.3 is 12.2 Å². The average molecular weight is 417 g/mol. The van der Waals surface area contributed by atoms with Gasteiger partial charge in [0.15, 0.2) is 0 Å². The Morgan fingerprint density at radius 2 is 1.70 bits per heavy atom. The largest absolute Gasteiger partial charge is 0.416 e. The van der Waals surface area contributed by atoms with E-state index in [1.54, 1.807) is 6.07 Å². The number of carbonyl (C=O) groups excluding carboxylic acids is 2. The van der Waals surface area contributed by atoms with Crippen LogP contribution in [0.2, 0.25) is 0 Å². The van der Waals surface area contributed by atoms with Crippen molar-refractivity contribution >= 4 is 11.9 Å². The highest BCUT2D eigenvalue weighted by molar-refractivity contribution is 5.98. The number of carbonyl (C=O) groups is 2. The first-order valence-electron chi connectivity index (χ1n) is 9.90. The first-order valence-corrected chi connectivity index (χ1v) is 9.90. The van der Waals surface area contributed by atoms with Gasteiger partial charge in [-0.25, -0.2) is 4.79 Å². The highest BCUT2D eigenvalue weighted by Gasteiger charge is 2.47. The zero-order chi connectivity index (χ0) is 21.3. The summed E-state index contributed by atoms with van der Waals surface area (Å²) in [4.78, 5) is 29.0. The van der Waals surface area contributed by atoms with Gasteiger partial charge in [0.2, 0.25) is 5.91 Å². The van der Waals surface area contributed by atoms with E-state index in [4.69, 9.17) is 0 Å². The van der Waals surface area contributed by atoms with E-state index in [1.807, 2.05) is 30.3 Å². The summed E-state index contributed by atoms with van der Waals surface area (Å²) in [6.45, 7) is 0.788. The van der Waals surface area contributed by atoms with Gasteiger partial charge in [0.25, 0.3) is 0 Å². The van der Waals surface area contributed by atoms with E-state index in [-0.39, 0.29) is 19.0 Å². The molecule has 4 rings (SSSR count). The molecule has 0 aromatic heterocycles. The lowest BCUT2D eigenvalue weighted by molar-refractivity contribution is -0.142. The number of halogens is 3. The molecule has 8 heteroatoms. The summed E-state index contributed by atoms with van der Waals surface area (Å²) >= 11 is 0. The van der Waals surface area contributed by atoms with Crippen molar-refractivity contribution in [1.29, 1.82) is 0 Å². The highest BCUT2D eigenvalue weighted by atomic mass is 19.4. The van der Waals surface area contributed by atoms with Gasteiger partial charge in [-0.2, -0.15) is 13.2 Å². The van der Waals surface area contributed by atoms with E-state index in [2.05, 4.69) is 5.32 Å². The molecule has 2 unspecified atom stereocenters. The topological polar surface area (TPSA) is 52.7 Å². The average Bonchev–Trinajstić information content (AvgIpc) is 2.74. The molecule has 2 heterocycles. The van der Waals surface area contributed by atoms with Crippen LogP contribution in [-0.4, -0.2) is 34.4 Å². The van der Waals surface area contributed by atoms with Crippen molar-refractivity contribution in [1.82, 2.24) is 15.1 Å². The van der Waals surface area contributed by atoms with Crippen molar-refractivity contribution in [3.8, 4) is 0 Å². The number of hydrogen-bond donors (Lipinski definition) is 1. The monoisotopic (exact) mass is 417 g/mol. The molecule has 2 fully saturated rings. The summed E-state index contributed by atoms with van der Waals surface area (Å²) in [5, 5.41) is 3.22. The third kappa shape index (κ3) is 4.05. The molecule has 0 saturated carbocycles. The van der Waals surface area contributed by atoms with Gasteiger partial charge in [0.05, 0.1) is 24.2 Å². The van der Waals surface area contributed by atoms with Gasteiger partial charge in [-0.15, -0.1) is 0 Å². The zero-order valence-corrected chi connectivity index (χ0v) is 16.2. The lowest BCUT2D eigenvalue weighted by atomic mass is 9.91. The van der Waals surface area contributed by atoms with Gasteiger partial charge in [-0.1, -0.05) is 42.5 Å². The smallest absolute Gasteiger partial charge is 0.304 e. The SMILES string of the molecule is O=C1C2CCCNC2N(Cc2cccc(C(F)(F)F)c2)C(=O)N1Cc1ccccc1. The number of fused-ring (bicyclic) bond motifs is 1. The molecule has 0 aliphatic carbocycles. The van der Waals surface area contributed by atoms with E-state index in [0.29, 0.717) is 18.5 Å². The number of amides is 3. The Kier molecular flexibility index (Phi) is 5.51. The van der Waals surface area contributed by atoms with Crippen molar-refractivity contribution in [3.63, 3.8) is 0 Å². The molecule has 2 aliphatic rings. The second kappa shape index (κ2) is 8.10. The molecule has 0 bridgehead atoms. The summed E-state index contributed by atoms with van der Waals surface area (Å²) in [5.41, 5.74) is 0.438. The maximum atomic E-state index is 13.3. The van der Waals surface area contributed by atoms with Gasteiger partial charge in [-0.3, -0.25) is 15.0 Å². The van der Waals surface area contributed by atoms with Crippen molar-refractivity contribution in [2.45, 2.75) is 38.3 Å². The molecule has 2 atom stereocenters. The van der Waals surface area contributed by atoms with Crippen LogP contribution in [0.3, 0.4) is 0 Å². The number of hydrogen-bond acceptors (Lipinski definition) is 3. The molecule has 158 valence electrons. The predicted octanol–water partition coefficient (Wildman–Crippen LogP) is 4.00. The van der Waals surface area contributed by atoms with Crippen LogP contribution in [0.5, 0.6) is 0 Å². The summed E-state index contributed by atoms with van der Waals surface area (Å²) in [6.07, 6.45) is -3.53. The van der Waals surface area contributed by atoms with Crippen molar-refractivity contribution in [3.05, 3.63) is 71.3 Å². The van der Waals surface area contributed by atoms with Crippen molar-refractivity contribution < 1.29 is 22.8 Å². The van der Waals surface area contributed by atoms with Crippen LogP contribution >= 0.6 is 0 Å². The number of benzene rings is 2. The van der Waals surface area contributed by atoms with Gasteiger partial charge in [0.1, 0.15) is 0 Å². The fourth-order valence-electron chi connectivity index (χ4n) is 4.15. The van der Waals surface area contributed by atoms with E-state index in [1.165, 1.54) is 15.9 Å². The molecule has 30 heavy (non-hydrogen) atoms. The molecule has 2 saturated heterocycles. The Bertz CT molecular complexity index is 933. The standard InChI is InChI=1S/C22H22F3N3O2/c23-22(24,25)17-9-4-8-16(12-17)14-27-19-18(10-5-11-26-19)20(29)28(21(27)30)13-15-6-2-1-3-7-15/h1-4,6-9,12,18-19,26H,5,10-11,13-14H2. The number of nitrogens with one attached hydrogen (secondary N) is 1. The lowest BCUT2D eigenvalue weighted by Gasteiger charge is -2.47. The van der Waals surface area contributed by atoms with Crippen LogP contribution in [0.15, 0.2) is 54.6 Å². The van der Waals surface area contributed by atoms with Crippen LogP contribution in [-0.2, 0) is 24.1 Å². The Morgan fingerprint density at radius 3 is 2.43 bits per heavy atom. The van der Waals surface area contributed by atoms with Crippen molar-refractivity contribution in [2.24, 2.45) is 5.92 Å². The van der Waals surface area contributed by atoms with Crippen LogP contribution < -0.4 is 5.32 Å². The quantitative estimate of drug-likeness (QED) is 0.818. The third-order valence-electron chi connectivity index (χ3n) is 5.61. The summed E-state index contributed by atoms with van der Waals surface area (Å²) in [6, 6.07) is 13.7. The van der Waals surface area contributed by atoms with Crippen LogP contribution in [0.4, 0.5) is 18.0 Å². The lowest BCUT2D eigenvalue weighted by Crippen LogP contribution is -2.66. The minimum absolute atomic E-state index is 0.00447. The van der Waals surface area contributed by atoms with Crippen LogP contribution in [0, 0.1) is 5.92 Å². The molecule has 0 radical (unpaired) electrons. The fraction of sp³-hybridized carbons (Fsp3) is 0.364. The first kappa shape index (κ1) is 20.4. The normalized spacial score (nSPS) is 22.2. The first-order chi connectivity index (χ1) is 14.3. The Labute approximate surface area is 172 Å². The number of alkyl halides is 3. The number of piperidine rings is 1. The van der Waals surface area contributed by atoms with Crippen LogP contribution in [0.1, 0.15) is 29.5 Å². The molecule has 5 nitrogen and oxygen atoms in total. The summed E-state index contributed by atoms with van der Waals surface area (Å²) in [7, 11) is 0. The molecule has 2 aromatic carbocycles. The number of urea groups is 1. The maximum absolute atomic E-state index is 13.3. The highest BCUT2D eigenvalue weighted by Crippen LogP contribution is 2.32. The van der Waals surface area contributed by atoms with Gasteiger partial charge < -0.3 is 4.90 Å². The molecular weight excluding hydrogens is 395 g/mol. The van der Waals surface area contributed by atoms with Gasteiger partial charge in [0, 0.05) is 6.54 Å². The Hall–Kier alpha value is -2.87. The predicted molar refractivity (Wildman–Crippen MR) is 104 cm³/mol. The molecule has 3 amide bonds. The number of rotatable bonds is 4. The Morgan fingerprint density at radius 1 is 0.967 bits per heavy atom. The third-order valence-corrected chi connectivity index (χ3v) is 5.61. The van der Waals surface area contributed by atoms with Crippen LogP contribution in [0.25, 0.3) is 0 Å². The van der Waals surface area contributed by atoms with Crippen molar-refractivity contribution in [2.75, 3.05) is 6.54 Å². The second-order valence-corrected chi connectivity index (χ2v) is 7.67. The zero-order valence-electron chi connectivity index (χ0n) is 16.2. The van der Waals surface area contributed by atoms with E-state index in [0.717, 1.165) is 24.1 Å². The second-order valence-electron chi connectivity index (χ2n) is 7.67. The number of imide groups is 1. The minimum atomic E-state index is -4.46. The maximum Gasteiger partial charge on any atom is 0.416 e. The summed E-state index contributed by atoms with van der Waals surface area (Å²) < 4.78 is 39.3. The number of nitrogens with zero attached hydrogens (tertiary/aromatic N) is 2. The fourth-order valence-corrected chi connectivity index (χ4v) is 4.15. The minimum Gasteiger partial charge on any atom is -0.304 e. The molecule has 1 N–H and O–H groups in total. The van der Waals surface area contributed by atoms with E-state index >= 15 is 0 Å². The van der Waals surface area contributed by atoms with E-state index in [9.17, 15) is 22.8 Å². The summed E-state index contributed by atoms with van der Waals surface area (Å²) in [5.74, 6) is -0.646.